The normalized spacial score (nSPS) is 10.4. The summed E-state index contributed by atoms with van der Waals surface area (Å²) < 4.78 is 4.92. The number of non-ortho nitro benzene ring substituents is 1. The van der Waals surface area contributed by atoms with Crippen LogP contribution in [0.1, 0.15) is 10.4 Å². The molecule has 15 heavy (non-hydrogen) atoms. The zero-order chi connectivity index (χ0) is 11.0. The van der Waals surface area contributed by atoms with E-state index >= 15 is 0 Å². The number of hydrogen-bond acceptors (Lipinski definition) is 4. The SMILES string of the molecule is O=C(O)c1coc2cccc([N+](=O)[O-])c12. The van der Waals surface area contributed by atoms with Crippen molar-refractivity contribution in [3.05, 3.63) is 40.1 Å². The first-order chi connectivity index (χ1) is 7.11. The maximum Gasteiger partial charge on any atom is 0.339 e. The van der Waals surface area contributed by atoms with E-state index in [0.717, 1.165) is 6.26 Å². The Hall–Kier alpha value is -2.37. The predicted molar refractivity (Wildman–Crippen MR) is 49.8 cm³/mol. The summed E-state index contributed by atoms with van der Waals surface area (Å²) >= 11 is 0. The third kappa shape index (κ3) is 1.32. The van der Waals surface area contributed by atoms with Crippen molar-refractivity contribution in [2.24, 2.45) is 0 Å². The molecule has 76 valence electrons. The summed E-state index contributed by atoms with van der Waals surface area (Å²) in [4.78, 5) is 20.8. The van der Waals surface area contributed by atoms with Crippen molar-refractivity contribution in [3.63, 3.8) is 0 Å². The van der Waals surface area contributed by atoms with Gasteiger partial charge >= 0.3 is 5.97 Å². The van der Waals surface area contributed by atoms with Crippen molar-refractivity contribution in [1.82, 2.24) is 0 Å². The third-order valence-electron chi connectivity index (χ3n) is 2.00. The highest BCUT2D eigenvalue weighted by atomic mass is 16.6. The van der Waals surface area contributed by atoms with Gasteiger partial charge < -0.3 is 9.52 Å². The summed E-state index contributed by atoms with van der Waals surface area (Å²) in [5.41, 5.74) is -0.266. The van der Waals surface area contributed by atoms with Crippen LogP contribution in [-0.4, -0.2) is 16.0 Å². The molecule has 0 aliphatic heterocycles. The number of nitro benzene ring substituents is 1. The van der Waals surface area contributed by atoms with E-state index in [4.69, 9.17) is 9.52 Å². The van der Waals surface area contributed by atoms with E-state index in [-0.39, 0.29) is 22.2 Å². The molecule has 0 saturated heterocycles. The van der Waals surface area contributed by atoms with Crippen LogP contribution in [0.3, 0.4) is 0 Å². The fourth-order valence-electron chi connectivity index (χ4n) is 1.38. The molecule has 0 bridgehead atoms. The highest BCUT2D eigenvalue weighted by Gasteiger charge is 2.21. The van der Waals surface area contributed by atoms with Gasteiger partial charge in [-0.3, -0.25) is 10.1 Å². The minimum atomic E-state index is -1.25. The number of carbonyl (C=O) groups is 1. The Kier molecular flexibility index (Phi) is 1.89. The number of carboxylic acid groups (broad SMARTS) is 1. The molecular weight excluding hydrogens is 202 g/mol. The average molecular weight is 207 g/mol. The second kappa shape index (κ2) is 3.09. The van der Waals surface area contributed by atoms with Crippen LogP contribution in [0.15, 0.2) is 28.9 Å². The van der Waals surface area contributed by atoms with Gasteiger partial charge in [0.25, 0.3) is 5.69 Å². The molecule has 1 aromatic carbocycles. The maximum atomic E-state index is 10.8. The van der Waals surface area contributed by atoms with Crippen LogP contribution in [0, 0.1) is 10.1 Å². The molecule has 6 heteroatoms. The van der Waals surface area contributed by atoms with Crippen molar-refractivity contribution in [2.75, 3.05) is 0 Å². The lowest BCUT2D eigenvalue weighted by Gasteiger charge is -1.93. The molecule has 0 spiro atoms. The molecule has 0 aliphatic carbocycles. The van der Waals surface area contributed by atoms with Crippen molar-refractivity contribution in [1.29, 1.82) is 0 Å². The monoisotopic (exact) mass is 207 g/mol. The minimum Gasteiger partial charge on any atom is -0.478 e. The first kappa shape index (κ1) is 9.20. The lowest BCUT2D eigenvalue weighted by Crippen LogP contribution is -1.96. The van der Waals surface area contributed by atoms with Gasteiger partial charge in [-0.2, -0.15) is 0 Å². The molecule has 0 saturated carbocycles. The number of furan rings is 1. The van der Waals surface area contributed by atoms with Crippen LogP contribution < -0.4 is 0 Å². The van der Waals surface area contributed by atoms with E-state index in [1.165, 1.54) is 18.2 Å². The fraction of sp³-hybridized carbons (Fsp3) is 0. The van der Waals surface area contributed by atoms with Gasteiger partial charge in [-0.05, 0) is 6.07 Å². The van der Waals surface area contributed by atoms with E-state index in [1.54, 1.807) is 0 Å². The van der Waals surface area contributed by atoms with Crippen LogP contribution in [0.5, 0.6) is 0 Å². The minimum absolute atomic E-state index is 0.0231. The summed E-state index contributed by atoms with van der Waals surface area (Å²) in [5, 5.41) is 19.5. The zero-order valence-electron chi connectivity index (χ0n) is 7.34. The fourth-order valence-corrected chi connectivity index (χ4v) is 1.38. The Morgan fingerprint density at radius 2 is 2.20 bits per heavy atom. The van der Waals surface area contributed by atoms with E-state index in [1.807, 2.05) is 0 Å². The van der Waals surface area contributed by atoms with Gasteiger partial charge in [-0.1, -0.05) is 6.07 Å². The van der Waals surface area contributed by atoms with Crippen molar-refractivity contribution >= 4 is 22.6 Å². The molecule has 2 rings (SSSR count). The van der Waals surface area contributed by atoms with Crippen LogP contribution in [0.4, 0.5) is 5.69 Å². The quantitative estimate of drug-likeness (QED) is 0.600. The Morgan fingerprint density at radius 3 is 2.80 bits per heavy atom. The first-order valence-corrected chi connectivity index (χ1v) is 3.99. The smallest absolute Gasteiger partial charge is 0.339 e. The second-order valence-corrected chi connectivity index (χ2v) is 2.86. The molecule has 2 aromatic rings. The number of rotatable bonds is 2. The van der Waals surface area contributed by atoms with Crippen LogP contribution in [0.2, 0.25) is 0 Å². The number of nitro groups is 1. The Labute approximate surface area is 82.9 Å². The summed E-state index contributed by atoms with van der Waals surface area (Å²) in [6.07, 6.45) is 1.000. The molecule has 0 fully saturated rings. The number of hydrogen-bond donors (Lipinski definition) is 1. The number of benzene rings is 1. The Bertz CT molecular complexity index is 557. The topological polar surface area (TPSA) is 93.6 Å². The Morgan fingerprint density at radius 1 is 1.47 bits per heavy atom. The number of fused-ring (bicyclic) bond motifs is 1. The molecule has 0 atom stereocenters. The maximum absolute atomic E-state index is 10.8. The molecule has 1 aromatic heterocycles. The summed E-state index contributed by atoms with van der Waals surface area (Å²) in [6, 6.07) is 4.16. The first-order valence-electron chi connectivity index (χ1n) is 3.99. The van der Waals surface area contributed by atoms with Crippen LogP contribution >= 0.6 is 0 Å². The standard InChI is InChI=1S/C9H5NO5/c11-9(12)5-4-15-7-3-1-2-6(8(5)7)10(13)14/h1-4H,(H,11,12). The van der Waals surface area contributed by atoms with Gasteiger partial charge in [-0.15, -0.1) is 0 Å². The number of aromatic carboxylic acids is 1. The van der Waals surface area contributed by atoms with Crippen LogP contribution in [0.25, 0.3) is 11.0 Å². The van der Waals surface area contributed by atoms with Gasteiger partial charge in [0, 0.05) is 6.07 Å². The predicted octanol–water partition coefficient (Wildman–Crippen LogP) is 2.04. The van der Waals surface area contributed by atoms with Crippen molar-refractivity contribution < 1.29 is 19.2 Å². The highest BCUT2D eigenvalue weighted by molar-refractivity contribution is 6.06. The van der Waals surface area contributed by atoms with Gasteiger partial charge in [0.1, 0.15) is 22.8 Å². The lowest BCUT2D eigenvalue weighted by molar-refractivity contribution is -0.383. The zero-order valence-corrected chi connectivity index (χ0v) is 7.34. The van der Waals surface area contributed by atoms with Gasteiger partial charge in [-0.25, -0.2) is 4.79 Å². The van der Waals surface area contributed by atoms with Gasteiger partial charge in [0.15, 0.2) is 0 Å². The molecule has 0 aliphatic rings. The van der Waals surface area contributed by atoms with Crippen LogP contribution in [-0.2, 0) is 0 Å². The summed E-state index contributed by atoms with van der Waals surface area (Å²) in [6.45, 7) is 0. The summed E-state index contributed by atoms with van der Waals surface area (Å²) in [5.74, 6) is -1.25. The van der Waals surface area contributed by atoms with Crippen molar-refractivity contribution in [3.8, 4) is 0 Å². The molecular formula is C9H5NO5. The summed E-state index contributed by atoms with van der Waals surface area (Å²) in [7, 11) is 0. The van der Waals surface area contributed by atoms with E-state index < -0.39 is 10.9 Å². The largest absolute Gasteiger partial charge is 0.478 e. The van der Waals surface area contributed by atoms with E-state index in [2.05, 4.69) is 0 Å². The molecule has 0 amide bonds. The Balaban J connectivity index is 2.86. The van der Waals surface area contributed by atoms with E-state index in [9.17, 15) is 14.9 Å². The van der Waals surface area contributed by atoms with Gasteiger partial charge in [0.2, 0.25) is 0 Å². The van der Waals surface area contributed by atoms with Gasteiger partial charge in [0.05, 0.1) is 4.92 Å². The molecule has 0 unspecified atom stereocenters. The van der Waals surface area contributed by atoms with E-state index in [0.29, 0.717) is 0 Å². The van der Waals surface area contributed by atoms with Crippen molar-refractivity contribution in [2.45, 2.75) is 0 Å². The molecule has 1 heterocycles. The molecule has 0 radical (unpaired) electrons. The molecule has 6 nitrogen and oxygen atoms in total. The third-order valence-corrected chi connectivity index (χ3v) is 2.00. The molecule has 1 N–H and O–H groups in total. The number of carboxylic acids is 1. The highest BCUT2D eigenvalue weighted by Crippen LogP contribution is 2.30. The second-order valence-electron chi connectivity index (χ2n) is 2.86. The number of nitrogens with zero attached hydrogens (tertiary/aromatic N) is 1. The average Bonchev–Trinajstić information content (AvgIpc) is 2.60. The lowest BCUT2D eigenvalue weighted by atomic mass is 10.1.